The summed E-state index contributed by atoms with van der Waals surface area (Å²) in [5, 5.41) is 6.23. The summed E-state index contributed by atoms with van der Waals surface area (Å²) < 4.78 is 40.4. The number of ether oxygens (including phenoxy) is 2. The second-order valence-corrected chi connectivity index (χ2v) is 16.7. The van der Waals surface area contributed by atoms with Crippen molar-refractivity contribution in [1.29, 1.82) is 0 Å². The number of hydrogen-bond donors (Lipinski definition) is 3. The van der Waals surface area contributed by atoms with E-state index in [1.807, 2.05) is 60.7 Å². The monoisotopic (exact) mass is 721 g/mol. The first-order valence-electron chi connectivity index (χ1n) is 17.4. The Labute approximate surface area is 296 Å². The third-order valence-corrected chi connectivity index (χ3v) is 12.8. The van der Waals surface area contributed by atoms with Crippen LogP contribution >= 0.6 is 11.3 Å². The van der Waals surface area contributed by atoms with Gasteiger partial charge in [-0.05, 0) is 62.3 Å². The van der Waals surface area contributed by atoms with Gasteiger partial charge in [-0.3, -0.25) is 19.1 Å². The van der Waals surface area contributed by atoms with Gasteiger partial charge in [0.05, 0.1) is 35.2 Å². The molecule has 3 N–H and O–H groups in total. The molecule has 2 saturated carbocycles. The third-order valence-electron chi connectivity index (χ3n) is 10.1. The first-order valence-corrected chi connectivity index (χ1v) is 19.8. The predicted octanol–water partition coefficient (Wildman–Crippen LogP) is 3.82. The van der Waals surface area contributed by atoms with E-state index in [1.165, 1.54) is 11.3 Å². The van der Waals surface area contributed by atoms with Gasteiger partial charge in [0.25, 0.3) is 11.1 Å². The number of rotatable bonds is 9. The lowest BCUT2D eigenvalue weighted by Gasteiger charge is -2.30. The van der Waals surface area contributed by atoms with Crippen LogP contribution in [-0.2, 0) is 31.0 Å². The Hall–Kier alpha value is -4.01. The molecule has 4 aliphatic rings. The Morgan fingerprint density at radius 2 is 1.92 bits per heavy atom. The number of nitrogens with one attached hydrogen (secondary N) is 3. The fourth-order valence-corrected chi connectivity index (χ4v) is 9.22. The van der Waals surface area contributed by atoms with Crippen LogP contribution in [0.15, 0.2) is 60.7 Å². The van der Waals surface area contributed by atoms with E-state index in [2.05, 4.69) is 20.3 Å². The maximum absolute atomic E-state index is 14.4. The Kier molecular flexibility index (Phi) is 9.86. The number of amides is 3. The fourth-order valence-electron chi connectivity index (χ4n) is 6.94. The highest BCUT2D eigenvalue weighted by Crippen LogP contribution is 2.46. The first-order chi connectivity index (χ1) is 24.1. The van der Waals surface area contributed by atoms with E-state index in [4.69, 9.17) is 9.47 Å². The predicted molar refractivity (Wildman–Crippen MR) is 189 cm³/mol. The molecule has 266 valence electrons. The third kappa shape index (κ3) is 7.52. The van der Waals surface area contributed by atoms with Crippen LogP contribution in [0.25, 0.3) is 10.2 Å². The zero-order valence-corrected chi connectivity index (χ0v) is 29.6. The van der Waals surface area contributed by atoms with E-state index in [0.29, 0.717) is 36.8 Å². The second-order valence-electron chi connectivity index (χ2n) is 13.7. The van der Waals surface area contributed by atoms with Crippen molar-refractivity contribution in [2.75, 3.05) is 13.7 Å². The van der Waals surface area contributed by atoms with Crippen LogP contribution in [0.3, 0.4) is 0 Å². The molecule has 7 rings (SSSR count). The van der Waals surface area contributed by atoms with E-state index >= 15 is 0 Å². The summed E-state index contributed by atoms with van der Waals surface area (Å²) in [5.74, 6) is -1.11. The Morgan fingerprint density at radius 1 is 1.10 bits per heavy atom. The summed E-state index contributed by atoms with van der Waals surface area (Å²) in [4.78, 5) is 48.6. The number of aromatic nitrogens is 1. The number of methoxy groups -OCH3 is 1. The molecule has 0 spiro atoms. The molecule has 3 aromatic rings. The molecule has 0 unspecified atom stereocenters. The SMILES string of the molecule is COc1ccc2nc(O[C@@H]3C[C@H]4C(=O)N[C@]5(C(=O)NS(=O)(=O)C6CC6)C[C@@H]5/C=C\CCCCC[C@H](NCc5ccccc5)C(=O)N4C3)sc2c1. The minimum absolute atomic E-state index is 0.151. The summed E-state index contributed by atoms with van der Waals surface area (Å²) in [6.45, 7) is 0.637. The normalized spacial score (nSPS) is 28.1. The van der Waals surface area contributed by atoms with Gasteiger partial charge in [-0.1, -0.05) is 66.7 Å². The van der Waals surface area contributed by atoms with Crippen LogP contribution in [0.4, 0.5) is 0 Å². The van der Waals surface area contributed by atoms with Gasteiger partial charge in [-0.25, -0.2) is 13.4 Å². The first kappa shape index (κ1) is 34.4. The Bertz CT molecular complexity index is 1880. The molecule has 12 nitrogen and oxygen atoms in total. The number of hydrogen-bond acceptors (Lipinski definition) is 10. The van der Waals surface area contributed by atoms with Crippen LogP contribution < -0.4 is 24.8 Å². The lowest BCUT2D eigenvalue weighted by molar-refractivity contribution is -0.141. The number of benzene rings is 2. The topological polar surface area (TPSA) is 156 Å². The largest absolute Gasteiger partial charge is 0.497 e. The van der Waals surface area contributed by atoms with Crippen molar-refractivity contribution in [3.05, 3.63) is 66.2 Å². The van der Waals surface area contributed by atoms with Crippen LogP contribution in [0.5, 0.6) is 10.9 Å². The second kappa shape index (κ2) is 14.3. The van der Waals surface area contributed by atoms with Gasteiger partial charge in [0.2, 0.25) is 21.8 Å². The van der Waals surface area contributed by atoms with E-state index in [1.54, 1.807) is 12.0 Å². The van der Waals surface area contributed by atoms with Gasteiger partial charge >= 0.3 is 0 Å². The van der Waals surface area contributed by atoms with Crippen LogP contribution in [-0.4, -0.2) is 78.7 Å². The Morgan fingerprint density at radius 3 is 2.70 bits per heavy atom. The average Bonchev–Trinajstić information content (AvgIpc) is 4.00. The summed E-state index contributed by atoms with van der Waals surface area (Å²) in [6, 6.07) is 13.9. The molecule has 1 saturated heterocycles. The molecule has 0 radical (unpaired) electrons. The number of nitrogens with zero attached hydrogens (tertiary/aromatic N) is 2. The highest BCUT2D eigenvalue weighted by molar-refractivity contribution is 7.91. The minimum atomic E-state index is -3.83. The van der Waals surface area contributed by atoms with Gasteiger partial charge in [0.15, 0.2) is 0 Å². The summed E-state index contributed by atoms with van der Waals surface area (Å²) >= 11 is 1.36. The van der Waals surface area contributed by atoms with Crippen molar-refractivity contribution in [2.45, 2.75) is 93.3 Å². The standard InChI is InChI=1S/C36H43N5O7S2/c1-47-25-14-17-28-31(19-25)49-35(38-28)48-26-18-30-32(42)39-36(34(44)40-50(45,46)27-15-16-27)20-24(36)12-8-3-2-4-9-13-29(33(43)41(30)22-26)37-21-23-10-6-5-7-11-23/h5-8,10-12,14,17,19,24,26-27,29-30,37H,2-4,9,13,15-16,18,20-22H2,1H3,(H,39,42)(H,40,44)/b12-8-/t24-,26+,29-,30-,36+/m0/s1. The summed E-state index contributed by atoms with van der Waals surface area (Å²) in [5.41, 5.74) is 0.375. The molecule has 0 bridgehead atoms. The average molecular weight is 722 g/mol. The lowest BCUT2D eigenvalue weighted by atomic mass is 10.0. The molecule has 1 aromatic heterocycles. The van der Waals surface area contributed by atoms with E-state index in [-0.39, 0.29) is 31.2 Å². The molecule has 2 aliphatic carbocycles. The number of fused-ring (bicyclic) bond motifs is 3. The fraction of sp³-hybridized carbons (Fsp3) is 0.500. The van der Waals surface area contributed by atoms with Crippen molar-refractivity contribution in [1.82, 2.24) is 25.2 Å². The molecule has 5 atom stereocenters. The maximum atomic E-state index is 14.4. The molecule has 3 amide bonds. The van der Waals surface area contributed by atoms with Crippen molar-refractivity contribution in [3.63, 3.8) is 0 Å². The van der Waals surface area contributed by atoms with E-state index in [9.17, 15) is 22.8 Å². The number of allylic oxidation sites excluding steroid dienone is 1. The maximum Gasteiger partial charge on any atom is 0.274 e. The Balaban J connectivity index is 1.16. The molecular formula is C36H43N5O7S2. The van der Waals surface area contributed by atoms with Gasteiger partial charge in [0, 0.05) is 18.9 Å². The van der Waals surface area contributed by atoms with E-state index < -0.39 is 50.8 Å². The smallest absolute Gasteiger partial charge is 0.274 e. The van der Waals surface area contributed by atoms with Crippen molar-refractivity contribution in [2.24, 2.45) is 5.92 Å². The molecule has 3 fully saturated rings. The minimum Gasteiger partial charge on any atom is -0.497 e. The van der Waals surface area contributed by atoms with Crippen LogP contribution in [0.2, 0.25) is 0 Å². The zero-order valence-electron chi connectivity index (χ0n) is 28.0. The van der Waals surface area contributed by atoms with Gasteiger partial charge in [0.1, 0.15) is 23.4 Å². The molecule has 3 heterocycles. The highest BCUT2D eigenvalue weighted by Gasteiger charge is 2.62. The van der Waals surface area contributed by atoms with Crippen LogP contribution in [0.1, 0.15) is 63.4 Å². The molecular weight excluding hydrogens is 679 g/mol. The van der Waals surface area contributed by atoms with Crippen molar-refractivity contribution < 1.29 is 32.3 Å². The van der Waals surface area contributed by atoms with Gasteiger partial charge < -0.3 is 25.0 Å². The van der Waals surface area contributed by atoms with Crippen molar-refractivity contribution >= 4 is 49.3 Å². The summed E-state index contributed by atoms with van der Waals surface area (Å²) in [7, 11) is -2.23. The highest BCUT2D eigenvalue weighted by atomic mass is 32.2. The lowest BCUT2D eigenvalue weighted by Crippen LogP contribution is -2.58. The molecule has 14 heteroatoms. The van der Waals surface area contributed by atoms with E-state index in [0.717, 1.165) is 41.5 Å². The number of sulfonamides is 1. The molecule has 2 aromatic carbocycles. The van der Waals surface area contributed by atoms with Crippen LogP contribution in [0, 0.1) is 5.92 Å². The molecule has 50 heavy (non-hydrogen) atoms. The van der Waals surface area contributed by atoms with Gasteiger partial charge in [-0.2, -0.15) is 0 Å². The zero-order chi connectivity index (χ0) is 34.9. The molecule has 2 aliphatic heterocycles. The van der Waals surface area contributed by atoms with Crippen molar-refractivity contribution in [3.8, 4) is 10.9 Å². The number of carbonyl (C=O) groups is 3. The number of thiazole rings is 1. The summed E-state index contributed by atoms with van der Waals surface area (Å²) in [6.07, 6.45) is 8.87. The van der Waals surface area contributed by atoms with Gasteiger partial charge in [-0.15, -0.1) is 0 Å². The quantitative estimate of drug-likeness (QED) is 0.280. The number of carbonyl (C=O) groups excluding carboxylic acids is 3.